The molecule has 0 atom stereocenters. The van der Waals surface area contributed by atoms with Gasteiger partial charge in [0.1, 0.15) is 17.9 Å². The molecular weight excluding hydrogens is 512 g/mol. The van der Waals surface area contributed by atoms with Crippen molar-refractivity contribution in [1.29, 1.82) is 0 Å². The molecule has 39 heavy (non-hydrogen) atoms. The van der Waals surface area contributed by atoms with Gasteiger partial charge in [-0.05, 0) is 78.0 Å². The number of para-hydroxylation sites is 2. The van der Waals surface area contributed by atoms with E-state index >= 15 is 0 Å². The predicted molar refractivity (Wildman–Crippen MR) is 153 cm³/mol. The van der Waals surface area contributed by atoms with Crippen molar-refractivity contribution < 1.29 is 24.2 Å². The molecule has 192 valence electrons. The summed E-state index contributed by atoms with van der Waals surface area (Å²) in [6.45, 7) is 0.189. The van der Waals surface area contributed by atoms with Gasteiger partial charge in [0, 0.05) is 0 Å². The van der Waals surface area contributed by atoms with Crippen LogP contribution in [0.2, 0.25) is 0 Å². The van der Waals surface area contributed by atoms with Crippen LogP contribution in [0.1, 0.15) is 21.5 Å². The standard InChI is InChI=1S/C31H22N2O5S/c34-28-27(19-21-14-16-26(17-15-21)38-20-22-8-7-9-23(18-22)30(36)37)29(35)33(25-12-5-2-6-13-25)31(39)32(28)24-10-3-1-4-11-24/h1-19H,20H2,(H,36,37). The van der Waals surface area contributed by atoms with E-state index < -0.39 is 17.8 Å². The Bertz CT molecular complexity index is 1520. The van der Waals surface area contributed by atoms with E-state index in [1.165, 1.54) is 15.9 Å². The Kier molecular flexibility index (Phi) is 7.29. The first kappa shape index (κ1) is 25.6. The lowest BCUT2D eigenvalue weighted by Crippen LogP contribution is -2.56. The number of hydrogen-bond acceptors (Lipinski definition) is 5. The van der Waals surface area contributed by atoms with Crippen molar-refractivity contribution in [3.63, 3.8) is 0 Å². The molecule has 4 aromatic carbocycles. The lowest BCUT2D eigenvalue weighted by Gasteiger charge is -2.36. The molecule has 0 saturated carbocycles. The summed E-state index contributed by atoms with van der Waals surface area (Å²) in [6.07, 6.45) is 1.54. The Labute approximate surface area is 230 Å². The first-order valence-electron chi connectivity index (χ1n) is 12.0. The molecule has 0 bridgehead atoms. The number of thiocarbonyl (C=S) groups is 1. The molecule has 4 aromatic rings. The monoisotopic (exact) mass is 534 g/mol. The maximum absolute atomic E-state index is 13.6. The number of nitrogens with zero attached hydrogens (tertiary/aromatic N) is 2. The van der Waals surface area contributed by atoms with Gasteiger partial charge >= 0.3 is 5.97 Å². The van der Waals surface area contributed by atoms with Gasteiger partial charge in [-0.2, -0.15) is 0 Å². The number of anilines is 2. The molecule has 0 spiro atoms. The van der Waals surface area contributed by atoms with Gasteiger partial charge in [-0.3, -0.25) is 19.4 Å². The van der Waals surface area contributed by atoms with Crippen LogP contribution in [-0.2, 0) is 16.2 Å². The van der Waals surface area contributed by atoms with E-state index in [2.05, 4.69) is 0 Å². The fraction of sp³-hybridized carbons (Fsp3) is 0.0323. The summed E-state index contributed by atoms with van der Waals surface area (Å²) in [5.74, 6) is -1.47. The van der Waals surface area contributed by atoms with E-state index in [-0.39, 0.29) is 22.9 Å². The third kappa shape index (κ3) is 5.46. The molecule has 0 aliphatic carbocycles. The number of carbonyl (C=O) groups excluding carboxylic acids is 2. The highest BCUT2D eigenvalue weighted by Gasteiger charge is 2.41. The van der Waals surface area contributed by atoms with E-state index in [1.54, 1.807) is 97.1 Å². The zero-order valence-corrected chi connectivity index (χ0v) is 21.4. The number of rotatable bonds is 7. The van der Waals surface area contributed by atoms with Crippen LogP contribution in [-0.4, -0.2) is 28.0 Å². The SMILES string of the molecule is O=C(O)c1cccc(COc2ccc(C=C3C(=O)N(c4ccccc4)C(=S)N(c4ccccc4)C3=O)cc2)c1. The number of amides is 2. The predicted octanol–water partition coefficient (Wildman–Crippen LogP) is 5.71. The van der Waals surface area contributed by atoms with Crippen molar-refractivity contribution in [2.24, 2.45) is 0 Å². The number of benzene rings is 4. The van der Waals surface area contributed by atoms with Crippen molar-refractivity contribution in [3.05, 3.63) is 131 Å². The second-order valence-corrected chi connectivity index (χ2v) is 9.02. The quantitative estimate of drug-likeness (QED) is 0.186. The molecule has 0 aromatic heterocycles. The Morgan fingerprint density at radius 2 is 1.33 bits per heavy atom. The average molecular weight is 535 g/mol. The number of hydrogen-bond donors (Lipinski definition) is 1. The molecular formula is C31H22N2O5S. The number of carbonyl (C=O) groups is 3. The van der Waals surface area contributed by atoms with Gasteiger partial charge in [0.15, 0.2) is 5.11 Å². The van der Waals surface area contributed by atoms with E-state index in [0.29, 0.717) is 22.7 Å². The summed E-state index contributed by atoms with van der Waals surface area (Å²) >= 11 is 5.63. The molecule has 5 rings (SSSR count). The van der Waals surface area contributed by atoms with Crippen LogP contribution in [0, 0.1) is 0 Å². The highest BCUT2D eigenvalue weighted by atomic mass is 32.1. The average Bonchev–Trinajstić information content (AvgIpc) is 2.96. The van der Waals surface area contributed by atoms with Crippen molar-refractivity contribution in [1.82, 2.24) is 0 Å². The Balaban J connectivity index is 1.42. The normalized spacial score (nSPS) is 13.4. The van der Waals surface area contributed by atoms with Crippen LogP contribution in [0.3, 0.4) is 0 Å². The number of carboxylic acids is 1. The Morgan fingerprint density at radius 1 is 0.769 bits per heavy atom. The van der Waals surface area contributed by atoms with E-state index in [9.17, 15) is 14.4 Å². The van der Waals surface area contributed by atoms with E-state index in [1.807, 2.05) is 12.1 Å². The topological polar surface area (TPSA) is 87.2 Å². The second kappa shape index (κ2) is 11.1. The minimum absolute atomic E-state index is 0.0320. The summed E-state index contributed by atoms with van der Waals surface area (Å²) in [5, 5.41) is 9.25. The van der Waals surface area contributed by atoms with Crippen molar-refractivity contribution >= 4 is 52.6 Å². The van der Waals surface area contributed by atoms with Gasteiger partial charge in [-0.1, -0.05) is 60.7 Å². The van der Waals surface area contributed by atoms with Gasteiger partial charge in [0.25, 0.3) is 11.8 Å². The number of carboxylic acid groups (broad SMARTS) is 1. The van der Waals surface area contributed by atoms with Crippen LogP contribution in [0.25, 0.3) is 6.08 Å². The minimum atomic E-state index is -1.00. The van der Waals surface area contributed by atoms with Crippen molar-refractivity contribution in [2.45, 2.75) is 6.61 Å². The van der Waals surface area contributed by atoms with Gasteiger partial charge in [0.2, 0.25) is 0 Å². The molecule has 0 radical (unpaired) electrons. The summed E-state index contributed by atoms with van der Waals surface area (Å²) in [6, 6.07) is 31.4. The highest BCUT2D eigenvalue weighted by Crippen LogP contribution is 2.30. The third-order valence-electron chi connectivity index (χ3n) is 6.05. The van der Waals surface area contributed by atoms with Gasteiger partial charge < -0.3 is 9.84 Å². The molecule has 1 saturated heterocycles. The van der Waals surface area contributed by atoms with E-state index in [4.69, 9.17) is 22.1 Å². The lowest BCUT2D eigenvalue weighted by molar-refractivity contribution is -0.120. The fourth-order valence-electron chi connectivity index (χ4n) is 4.13. The maximum Gasteiger partial charge on any atom is 0.335 e. The fourth-order valence-corrected chi connectivity index (χ4v) is 4.50. The molecule has 0 unspecified atom stereocenters. The third-order valence-corrected chi connectivity index (χ3v) is 6.41. The van der Waals surface area contributed by atoms with Gasteiger partial charge in [-0.25, -0.2) is 4.79 Å². The van der Waals surface area contributed by atoms with E-state index in [0.717, 1.165) is 5.56 Å². The maximum atomic E-state index is 13.6. The van der Waals surface area contributed by atoms with Crippen LogP contribution < -0.4 is 14.5 Å². The zero-order chi connectivity index (χ0) is 27.4. The van der Waals surface area contributed by atoms with Crippen molar-refractivity contribution in [3.8, 4) is 5.75 Å². The van der Waals surface area contributed by atoms with Crippen LogP contribution in [0.15, 0.2) is 115 Å². The number of aromatic carboxylic acids is 1. The molecule has 1 aliphatic heterocycles. The Hall–Kier alpha value is -5.08. The molecule has 8 heteroatoms. The molecule has 2 amide bonds. The minimum Gasteiger partial charge on any atom is -0.489 e. The van der Waals surface area contributed by atoms with Gasteiger partial charge in [0.05, 0.1) is 16.9 Å². The summed E-state index contributed by atoms with van der Waals surface area (Å²) in [5.41, 5.74) is 2.62. The zero-order valence-electron chi connectivity index (χ0n) is 20.6. The smallest absolute Gasteiger partial charge is 0.335 e. The molecule has 1 heterocycles. The molecule has 1 aliphatic rings. The Morgan fingerprint density at radius 3 is 1.87 bits per heavy atom. The second-order valence-electron chi connectivity index (χ2n) is 8.66. The van der Waals surface area contributed by atoms with Crippen LogP contribution in [0.5, 0.6) is 5.75 Å². The van der Waals surface area contributed by atoms with Crippen LogP contribution in [0.4, 0.5) is 11.4 Å². The summed E-state index contributed by atoms with van der Waals surface area (Å²) < 4.78 is 5.80. The highest BCUT2D eigenvalue weighted by molar-refractivity contribution is 7.81. The first-order chi connectivity index (χ1) is 18.9. The number of ether oxygens (including phenoxy) is 1. The molecule has 7 nitrogen and oxygen atoms in total. The summed E-state index contributed by atoms with van der Waals surface area (Å²) in [7, 11) is 0. The van der Waals surface area contributed by atoms with Crippen LogP contribution >= 0.6 is 12.2 Å². The lowest BCUT2D eigenvalue weighted by atomic mass is 10.0. The van der Waals surface area contributed by atoms with Gasteiger partial charge in [-0.15, -0.1) is 0 Å². The largest absolute Gasteiger partial charge is 0.489 e. The molecule has 1 N–H and O–H groups in total. The molecule has 1 fully saturated rings. The summed E-state index contributed by atoms with van der Waals surface area (Å²) in [4.78, 5) is 41.1. The van der Waals surface area contributed by atoms with Crippen molar-refractivity contribution in [2.75, 3.05) is 9.80 Å². The first-order valence-corrected chi connectivity index (χ1v) is 12.4.